The Bertz CT molecular complexity index is 140. The highest BCUT2D eigenvalue weighted by molar-refractivity contribution is 5.85. The van der Waals surface area contributed by atoms with E-state index < -0.39 is 5.54 Å². The monoisotopic (exact) mass is 143 g/mol. The van der Waals surface area contributed by atoms with Crippen LogP contribution in [0.2, 0.25) is 0 Å². The van der Waals surface area contributed by atoms with Crippen LogP contribution in [0.3, 0.4) is 0 Å². The topological polar surface area (TPSA) is 81.1 Å². The smallest absolute Gasteiger partial charge is 0.253 e. The fourth-order valence-corrected chi connectivity index (χ4v) is 1.38. The molecule has 10 heavy (non-hydrogen) atoms. The normalized spacial score (nSPS) is 22.6. The molecule has 1 rings (SSSR count). The number of nitrogens with one attached hydrogen (secondary N) is 1. The molecule has 4 nitrogen and oxygen atoms in total. The van der Waals surface area contributed by atoms with Gasteiger partial charge in [-0.2, -0.15) is 0 Å². The maximum Gasteiger partial charge on any atom is 0.253 e. The summed E-state index contributed by atoms with van der Waals surface area (Å²) in [6.07, 6.45) is 3.58. The number of hydrazine groups is 1. The minimum atomic E-state index is -0.672. The number of carbonyl (C=O) groups is 1. The van der Waals surface area contributed by atoms with Crippen LogP contribution in [0.15, 0.2) is 0 Å². The maximum atomic E-state index is 11.0. The minimum absolute atomic E-state index is 0.231. The number of nitrogens with two attached hydrogens (primary N) is 2. The Hall–Kier alpha value is -0.610. The van der Waals surface area contributed by atoms with Gasteiger partial charge in [-0.05, 0) is 12.8 Å². The number of amides is 1. The molecule has 1 fully saturated rings. The van der Waals surface area contributed by atoms with Gasteiger partial charge in [0.1, 0.15) is 0 Å². The lowest BCUT2D eigenvalue weighted by molar-refractivity contribution is -0.126. The molecule has 0 saturated heterocycles. The fourth-order valence-electron chi connectivity index (χ4n) is 1.38. The van der Waals surface area contributed by atoms with E-state index in [1.54, 1.807) is 0 Å². The molecule has 0 aromatic carbocycles. The summed E-state index contributed by atoms with van der Waals surface area (Å²) in [4.78, 5) is 11.0. The second-order valence-electron chi connectivity index (χ2n) is 2.84. The fraction of sp³-hybridized carbons (Fsp3) is 0.833. The summed E-state index contributed by atoms with van der Waals surface area (Å²) in [5.41, 5.74) is 7.13. The third-order valence-electron chi connectivity index (χ3n) is 2.08. The van der Waals surface area contributed by atoms with E-state index in [1.807, 2.05) is 0 Å². The van der Waals surface area contributed by atoms with E-state index in [9.17, 15) is 4.79 Å². The molecule has 1 amide bonds. The Labute approximate surface area is 59.9 Å². The van der Waals surface area contributed by atoms with Crippen LogP contribution in [0, 0.1) is 0 Å². The summed E-state index contributed by atoms with van der Waals surface area (Å²) in [7, 11) is 0. The maximum absolute atomic E-state index is 11.0. The highest BCUT2D eigenvalue weighted by Crippen LogP contribution is 2.26. The highest BCUT2D eigenvalue weighted by atomic mass is 16.2. The molecule has 0 aromatic rings. The van der Waals surface area contributed by atoms with Crippen LogP contribution in [0.4, 0.5) is 0 Å². The first kappa shape index (κ1) is 7.50. The Morgan fingerprint density at radius 2 is 1.90 bits per heavy atom. The molecule has 4 heteroatoms. The molecule has 1 saturated carbocycles. The van der Waals surface area contributed by atoms with Gasteiger partial charge in [-0.15, -0.1) is 0 Å². The molecule has 58 valence electrons. The molecule has 0 radical (unpaired) electrons. The predicted octanol–water partition coefficient (Wildman–Crippen LogP) is -0.752. The second-order valence-corrected chi connectivity index (χ2v) is 2.84. The lowest BCUT2D eigenvalue weighted by Gasteiger charge is -2.19. The average Bonchev–Trinajstić information content (AvgIpc) is 2.36. The van der Waals surface area contributed by atoms with Crippen molar-refractivity contribution >= 4 is 5.91 Å². The van der Waals surface area contributed by atoms with Crippen molar-refractivity contribution in [3.8, 4) is 0 Å². The lowest BCUT2D eigenvalue weighted by Crippen LogP contribution is -2.53. The zero-order chi connectivity index (χ0) is 7.61. The van der Waals surface area contributed by atoms with Gasteiger partial charge in [0.05, 0.1) is 5.54 Å². The van der Waals surface area contributed by atoms with Crippen molar-refractivity contribution in [2.45, 2.75) is 31.2 Å². The third-order valence-corrected chi connectivity index (χ3v) is 2.08. The van der Waals surface area contributed by atoms with E-state index in [0.717, 1.165) is 25.7 Å². The van der Waals surface area contributed by atoms with Crippen LogP contribution in [0.25, 0.3) is 0 Å². The number of hydrogen-bond acceptors (Lipinski definition) is 3. The SMILES string of the molecule is NNC(=O)C1(N)CCCC1. The Kier molecular flexibility index (Phi) is 1.92. The first-order chi connectivity index (χ1) is 4.69. The summed E-state index contributed by atoms with van der Waals surface area (Å²) in [6.45, 7) is 0. The van der Waals surface area contributed by atoms with Crippen LogP contribution >= 0.6 is 0 Å². The minimum Gasteiger partial charge on any atom is -0.317 e. The molecule has 1 aliphatic carbocycles. The number of carbonyl (C=O) groups excluding carboxylic acids is 1. The van der Waals surface area contributed by atoms with Crippen molar-refractivity contribution in [1.29, 1.82) is 0 Å². The van der Waals surface area contributed by atoms with E-state index in [4.69, 9.17) is 11.6 Å². The second kappa shape index (κ2) is 2.56. The van der Waals surface area contributed by atoms with Gasteiger partial charge in [-0.25, -0.2) is 5.84 Å². The zero-order valence-corrected chi connectivity index (χ0v) is 5.89. The van der Waals surface area contributed by atoms with Crippen LogP contribution < -0.4 is 17.0 Å². The van der Waals surface area contributed by atoms with Gasteiger partial charge >= 0.3 is 0 Å². The van der Waals surface area contributed by atoms with E-state index in [-0.39, 0.29) is 5.91 Å². The molecule has 0 bridgehead atoms. The van der Waals surface area contributed by atoms with Gasteiger partial charge in [-0.1, -0.05) is 12.8 Å². The molecule has 0 atom stereocenters. The van der Waals surface area contributed by atoms with Crippen molar-refractivity contribution in [2.75, 3.05) is 0 Å². The van der Waals surface area contributed by atoms with Gasteiger partial charge in [0, 0.05) is 0 Å². The molecule has 0 heterocycles. The molecular weight excluding hydrogens is 130 g/mol. The van der Waals surface area contributed by atoms with Gasteiger partial charge in [0.15, 0.2) is 0 Å². The first-order valence-corrected chi connectivity index (χ1v) is 3.49. The number of hydrogen-bond donors (Lipinski definition) is 3. The van der Waals surface area contributed by atoms with Crippen molar-refractivity contribution in [1.82, 2.24) is 5.43 Å². The molecular formula is C6H13N3O. The number of rotatable bonds is 1. The van der Waals surface area contributed by atoms with Crippen molar-refractivity contribution in [2.24, 2.45) is 11.6 Å². The molecule has 5 N–H and O–H groups in total. The van der Waals surface area contributed by atoms with Crippen LogP contribution in [-0.4, -0.2) is 11.4 Å². The zero-order valence-electron chi connectivity index (χ0n) is 5.89. The largest absolute Gasteiger partial charge is 0.317 e. The first-order valence-electron chi connectivity index (χ1n) is 3.49. The molecule has 1 aliphatic rings. The standard InChI is InChI=1S/C6H13N3O/c7-6(5(10)9-8)3-1-2-4-6/h1-4,7-8H2,(H,9,10). The third kappa shape index (κ3) is 1.12. The Morgan fingerprint density at radius 3 is 2.30 bits per heavy atom. The summed E-state index contributed by atoms with van der Waals surface area (Å²) in [6, 6.07) is 0. The van der Waals surface area contributed by atoms with Gasteiger partial charge in [0.2, 0.25) is 0 Å². The molecule has 0 aromatic heterocycles. The molecule has 0 unspecified atom stereocenters. The summed E-state index contributed by atoms with van der Waals surface area (Å²) >= 11 is 0. The quantitative estimate of drug-likeness (QED) is 0.256. The van der Waals surface area contributed by atoms with Crippen LogP contribution in [0.1, 0.15) is 25.7 Å². The van der Waals surface area contributed by atoms with Gasteiger partial charge in [0.25, 0.3) is 5.91 Å². The van der Waals surface area contributed by atoms with Crippen molar-refractivity contribution in [3.05, 3.63) is 0 Å². The Morgan fingerprint density at radius 1 is 1.40 bits per heavy atom. The highest BCUT2D eigenvalue weighted by Gasteiger charge is 2.36. The Balaban J connectivity index is 2.58. The van der Waals surface area contributed by atoms with E-state index in [1.165, 1.54) is 0 Å². The molecule has 0 aliphatic heterocycles. The van der Waals surface area contributed by atoms with Crippen molar-refractivity contribution in [3.63, 3.8) is 0 Å². The lowest BCUT2D eigenvalue weighted by atomic mass is 9.99. The van der Waals surface area contributed by atoms with Crippen LogP contribution in [0.5, 0.6) is 0 Å². The van der Waals surface area contributed by atoms with Crippen molar-refractivity contribution < 1.29 is 4.79 Å². The van der Waals surface area contributed by atoms with E-state index in [0.29, 0.717) is 0 Å². The van der Waals surface area contributed by atoms with Gasteiger partial charge in [-0.3, -0.25) is 10.2 Å². The summed E-state index contributed by atoms with van der Waals surface area (Å²) in [5.74, 6) is 4.73. The van der Waals surface area contributed by atoms with Gasteiger partial charge < -0.3 is 5.73 Å². The van der Waals surface area contributed by atoms with Crippen LogP contribution in [-0.2, 0) is 4.79 Å². The van der Waals surface area contributed by atoms with E-state index >= 15 is 0 Å². The molecule has 0 spiro atoms. The van der Waals surface area contributed by atoms with E-state index in [2.05, 4.69) is 5.43 Å². The summed E-state index contributed by atoms with van der Waals surface area (Å²) < 4.78 is 0. The average molecular weight is 143 g/mol. The predicted molar refractivity (Wildman–Crippen MR) is 37.7 cm³/mol. The summed E-state index contributed by atoms with van der Waals surface area (Å²) in [5, 5.41) is 0.